The van der Waals surface area contributed by atoms with Crippen LogP contribution in [0.5, 0.6) is 5.75 Å². The second-order valence-corrected chi connectivity index (χ2v) is 5.75. The molecule has 0 radical (unpaired) electrons. The zero-order valence-electron chi connectivity index (χ0n) is 15.0. The molecule has 0 saturated carbocycles. The van der Waals surface area contributed by atoms with Crippen molar-refractivity contribution in [3.8, 4) is 5.75 Å². The van der Waals surface area contributed by atoms with E-state index in [0.717, 1.165) is 11.3 Å². The Kier molecular flexibility index (Phi) is 5.36. The van der Waals surface area contributed by atoms with Crippen LogP contribution in [0, 0.1) is 6.92 Å². The number of methoxy groups -OCH3 is 1. The predicted octanol–water partition coefficient (Wildman–Crippen LogP) is 2.88. The molecule has 5 N–H and O–H groups in total. The summed E-state index contributed by atoms with van der Waals surface area (Å²) in [6, 6.07) is 14.7. The molecule has 8 heteroatoms. The number of nitrogens with zero attached hydrogens (tertiary/aromatic N) is 2. The van der Waals surface area contributed by atoms with Crippen molar-refractivity contribution in [1.29, 1.82) is 0 Å². The summed E-state index contributed by atoms with van der Waals surface area (Å²) in [7, 11) is 1.50. The minimum Gasteiger partial charge on any atom is -0.496 e. The molecule has 0 bridgehead atoms. The highest BCUT2D eigenvalue weighted by Crippen LogP contribution is 2.25. The monoisotopic (exact) mass is 364 g/mol. The van der Waals surface area contributed by atoms with Gasteiger partial charge in [-0.3, -0.25) is 15.6 Å². The van der Waals surface area contributed by atoms with Crippen molar-refractivity contribution in [3.63, 3.8) is 0 Å². The van der Waals surface area contributed by atoms with Gasteiger partial charge in [0.15, 0.2) is 11.6 Å². The fourth-order valence-corrected chi connectivity index (χ4v) is 2.38. The van der Waals surface area contributed by atoms with Crippen LogP contribution in [0.15, 0.2) is 54.9 Å². The van der Waals surface area contributed by atoms with Crippen LogP contribution >= 0.6 is 0 Å². The second-order valence-electron chi connectivity index (χ2n) is 5.75. The van der Waals surface area contributed by atoms with Crippen molar-refractivity contribution in [2.24, 2.45) is 0 Å². The summed E-state index contributed by atoms with van der Waals surface area (Å²) in [5.41, 5.74) is 14.1. The number of anilines is 4. The number of hydrogen-bond donors (Lipinski definition) is 4. The lowest BCUT2D eigenvalue weighted by Gasteiger charge is -2.14. The molecule has 1 aromatic heterocycles. The summed E-state index contributed by atoms with van der Waals surface area (Å²) >= 11 is 0. The highest BCUT2D eigenvalue weighted by molar-refractivity contribution is 5.97. The summed E-state index contributed by atoms with van der Waals surface area (Å²) in [5, 5.41) is 3.13. The predicted molar refractivity (Wildman–Crippen MR) is 105 cm³/mol. The van der Waals surface area contributed by atoms with Gasteiger partial charge in [-0.2, -0.15) is 0 Å². The average molecular weight is 364 g/mol. The van der Waals surface area contributed by atoms with Gasteiger partial charge in [-0.25, -0.2) is 9.97 Å². The molecule has 1 amide bonds. The number of aryl methyl sites for hydroxylation is 1. The van der Waals surface area contributed by atoms with E-state index >= 15 is 0 Å². The van der Waals surface area contributed by atoms with E-state index in [2.05, 4.69) is 26.1 Å². The molecule has 0 fully saturated rings. The first-order valence-corrected chi connectivity index (χ1v) is 8.22. The maximum atomic E-state index is 12.4. The minimum atomic E-state index is -0.376. The van der Waals surface area contributed by atoms with Gasteiger partial charge >= 0.3 is 0 Å². The van der Waals surface area contributed by atoms with E-state index in [9.17, 15) is 4.79 Å². The smallest absolute Gasteiger partial charge is 0.273 e. The summed E-state index contributed by atoms with van der Waals surface area (Å²) in [6.45, 7) is 2.01. The van der Waals surface area contributed by atoms with Gasteiger partial charge in [0.2, 0.25) is 0 Å². The molecular formula is C19H20N6O2. The lowest BCUT2D eigenvalue weighted by molar-refractivity contribution is 0.0959. The number of carbonyl (C=O) groups is 1. The molecule has 3 rings (SSSR count). The number of hydrogen-bond acceptors (Lipinski definition) is 7. The highest BCUT2D eigenvalue weighted by atomic mass is 16.5. The Morgan fingerprint density at radius 3 is 2.48 bits per heavy atom. The molecule has 0 saturated heterocycles. The first-order valence-electron chi connectivity index (χ1n) is 8.22. The first-order chi connectivity index (χ1) is 13.1. The highest BCUT2D eigenvalue weighted by Gasteiger charge is 2.13. The normalized spacial score (nSPS) is 10.1. The van der Waals surface area contributed by atoms with Crippen molar-refractivity contribution in [2.45, 2.75) is 6.92 Å². The summed E-state index contributed by atoms with van der Waals surface area (Å²) in [4.78, 5) is 20.6. The molecular weight excluding hydrogens is 344 g/mol. The van der Waals surface area contributed by atoms with Gasteiger partial charge in [0.25, 0.3) is 5.91 Å². The Balaban J connectivity index is 1.72. The fourth-order valence-electron chi connectivity index (χ4n) is 2.38. The Morgan fingerprint density at radius 2 is 1.74 bits per heavy atom. The van der Waals surface area contributed by atoms with E-state index in [4.69, 9.17) is 10.5 Å². The number of benzene rings is 2. The Labute approximate surface area is 156 Å². The van der Waals surface area contributed by atoms with Crippen LogP contribution in [0.4, 0.5) is 23.0 Å². The number of nitrogens with one attached hydrogen (secondary N) is 3. The van der Waals surface area contributed by atoms with Gasteiger partial charge in [0.1, 0.15) is 17.8 Å². The quantitative estimate of drug-likeness (QED) is 0.497. The van der Waals surface area contributed by atoms with Crippen molar-refractivity contribution < 1.29 is 9.53 Å². The standard InChI is InChI=1S/C19H20N6O2/c1-12-7-9-13(10-8-12)23-17-16(20)18(22-11-21-17)24-25-19(26)14-5-3-4-6-15(14)27-2/h3-11H,20H2,1-2H3,(H,25,26)(H2,21,22,23,24). The van der Waals surface area contributed by atoms with E-state index in [1.165, 1.54) is 13.4 Å². The number of aromatic nitrogens is 2. The summed E-state index contributed by atoms with van der Waals surface area (Å²) in [5.74, 6) is 0.804. The van der Waals surface area contributed by atoms with Crippen LogP contribution < -0.4 is 26.6 Å². The van der Waals surface area contributed by atoms with Crippen LogP contribution in [0.1, 0.15) is 15.9 Å². The molecule has 0 atom stereocenters. The van der Waals surface area contributed by atoms with Gasteiger partial charge in [-0.05, 0) is 31.2 Å². The molecule has 0 unspecified atom stereocenters. The molecule has 3 aromatic rings. The minimum absolute atomic E-state index is 0.276. The number of ether oxygens (including phenoxy) is 1. The van der Waals surface area contributed by atoms with E-state index in [1.807, 2.05) is 31.2 Å². The average Bonchev–Trinajstić information content (AvgIpc) is 2.70. The zero-order chi connectivity index (χ0) is 19.2. The number of hydrazine groups is 1. The van der Waals surface area contributed by atoms with Crippen LogP contribution in [-0.4, -0.2) is 23.0 Å². The largest absolute Gasteiger partial charge is 0.496 e. The van der Waals surface area contributed by atoms with Gasteiger partial charge in [0, 0.05) is 5.69 Å². The van der Waals surface area contributed by atoms with Crippen LogP contribution in [-0.2, 0) is 0 Å². The topological polar surface area (TPSA) is 114 Å². The number of nitrogens with two attached hydrogens (primary N) is 1. The molecule has 0 aliphatic rings. The van der Waals surface area contributed by atoms with Gasteiger partial charge in [-0.1, -0.05) is 29.8 Å². The van der Waals surface area contributed by atoms with E-state index in [-0.39, 0.29) is 17.4 Å². The third-order valence-corrected chi connectivity index (χ3v) is 3.84. The zero-order valence-corrected chi connectivity index (χ0v) is 15.0. The number of nitrogen functional groups attached to an aromatic ring is 1. The SMILES string of the molecule is COc1ccccc1C(=O)NNc1ncnc(Nc2ccc(C)cc2)c1N. The van der Waals surface area contributed by atoms with E-state index in [1.54, 1.807) is 24.3 Å². The first kappa shape index (κ1) is 18.0. The summed E-state index contributed by atoms with van der Waals surface area (Å²) in [6.07, 6.45) is 1.35. The van der Waals surface area contributed by atoms with E-state index in [0.29, 0.717) is 17.1 Å². The fraction of sp³-hybridized carbons (Fsp3) is 0.105. The maximum absolute atomic E-state index is 12.4. The number of amides is 1. The molecule has 2 aromatic carbocycles. The molecule has 0 spiro atoms. The molecule has 0 aliphatic carbocycles. The lowest BCUT2D eigenvalue weighted by Crippen LogP contribution is -2.30. The maximum Gasteiger partial charge on any atom is 0.273 e. The van der Waals surface area contributed by atoms with Crippen molar-refractivity contribution in [1.82, 2.24) is 15.4 Å². The molecule has 8 nitrogen and oxygen atoms in total. The van der Waals surface area contributed by atoms with Gasteiger partial charge in [0.05, 0.1) is 12.7 Å². The number of rotatable bonds is 6. The van der Waals surface area contributed by atoms with Crippen molar-refractivity contribution in [2.75, 3.05) is 23.6 Å². The Bertz CT molecular complexity index is 943. The third-order valence-electron chi connectivity index (χ3n) is 3.84. The third kappa shape index (κ3) is 4.24. The van der Waals surface area contributed by atoms with Crippen LogP contribution in [0.3, 0.4) is 0 Å². The van der Waals surface area contributed by atoms with Crippen molar-refractivity contribution in [3.05, 3.63) is 66.0 Å². The van der Waals surface area contributed by atoms with Crippen LogP contribution in [0.25, 0.3) is 0 Å². The molecule has 27 heavy (non-hydrogen) atoms. The second kappa shape index (κ2) is 8.05. The van der Waals surface area contributed by atoms with Gasteiger partial charge < -0.3 is 15.8 Å². The lowest BCUT2D eigenvalue weighted by atomic mass is 10.2. The summed E-state index contributed by atoms with van der Waals surface area (Å²) < 4.78 is 5.19. The molecule has 1 heterocycles. The Hall–Kier alpha value is -3.81. The number of para-hydroxylation sites is 1. The van der Waals surface area contributed by atoms with Gasteiger partial charge in [-0.15, -0.1) is 0 Å². The number of carbonyl (C=O) groups excluding carboxylic acids is 1. The van der Waals surface area contributed by atoms with Crippen molar-refractivity contribution >= 4 is 28.9 Å². The Morgan fingerprint density at radius 1 is 1.04 bits per heavy atom. The molecule has 0 aliphatic heterocycles. The van der Waals surface area contributed by atoms with Crippen LogP contribution in [0.2, 0.25) is 0 Å². The molecule has 138 valence electrons. The van der Waals surface area contributed by atoms with E-state index < -0.39 is 0 Å².